The molecule has 9 heteroatoms. The molecule has 4 aromatic carbocycles. The van der Waals surface area contributed by atoms with E-state index in [1.165, 1.54) is 12.1 Å². The summed E-state index contributed by atoms with van der Waals surface area (Å²) in [4.78, 5) is 27.6. The quantitative estimate of drug-likeness (QED) is 0.231. The highest BCUT2D eigenvalue weighted by atomic mass is 19.4. The fourth-order valence-corrected chi connectivity index (χ4v) is 5.11. The van der Waals surface area contributed by atoms with Gasteiger partial charge in [-0.2, -0.15) is 18.4 Å². The maximum atomic E-state index is 13.2. The molecule has 2 N–H and O–H groups in total. The molecule has 1 heterocycles. The summed E-state index contributed by atoms with van der Waals surface area (Å²) >= 11 is 0. The minimum absolute atomic E-state index is 0.200. The van der Waals surface area contributed by atoms with Crippen molar-refractivity contribution >= 4 is 11.9 Å². The number of hydrogen-bond donors (Lipinski definition) is 1. The van der Waals surface area contributed by atoms with E-state index in [9.17, 15) is 28.0 Å². The molecule has 1 unspecified atom stereocenters. The predicted octanol–water partition coefficient (Wildman–Crippen LogP) is 6.05. The molecule has 0 radical (unpaired) electrons. The Balaban J connectivity index is 1.36. The Labute approximate surface area is 234 Å². The molecule has 0 saturated carbocycles. The number of alkyl halides is 3. The molecule has 0 bridgehead atoms. The largest absolute Gasteiger partial charge is 0.423 e. The Bertz CT molecular complexity index is 1660. The minimum atomic E-state index is -4.46. The van der Waals surface area contributed by atoms with E-state index in [-0.39, 0.29) is 11.3 Å². The van der Waals surface area contributed by atoms with Crippen LogP contribution in [-0.2, 0) is 23.9 Å². The van der Waals surface area contributed by atoms with E-state index in [1.54, 1.807) is 60.7 Å². The van der Waals surface area contributed by atoms with Crippen LogP contribution in [0.3, 0.4) is 0 Å². The van der Waals surface area contributed by atoms with Crippen LogP contribution in [0.4, 0.5) is 13.2 Å². The van der Waals surface area contributed by atoms with Crippen LogP contribution in [-0.4, -0.2) is 23.3 Å². The highest BCUT2D eigenvalue weighted by molar-refractivity contribution is 5.98. The summed E-state index contributed by atoms with van der Waals surface area (Å²) in [7, 11) is 0. The summed E-state index contributed by atoms with van der Waals surface area (Å²) < 4.78 is 44.7. The number of primary amides is 1. The Morgan fingerprint density at radius 1 is 0.976 bits per heavy atom. The molecule has 41 heavy (non-hydrogen) atoms. The molecular weight excluding hydrogens is 531 g/mol. The standard InChI is InChI=1S/C32H24F3N3O3/c33-32(34,35)24-10-8-22(9-11-24)26-6-1-2-7-28(26)31(40)41-25-12-13-27-23(17-25)14-15-38(29(27)30(37)39)19-21-5-3-4-20(16-21)18-36/h1-13,16-17,29H,14-15,19H2,(H2,37,39). The van der Waals surface area contributed by atoms with Gasteiger partial charge >= 0.3 is 12.1 Å². The Kier molecular flexibility index (Phi) is 7.60. The second-order valence-electron chi connectivity index (χ2n) is 9.71. The first-order valence-corrected chi connectivity index (χ1v) is 12.8. The molecule has 206 valence electrons. The van der Waals surface area contributed by atoms with Gasteiger partial charge in [-0.15, -0.1) is 0 Å². The van der Waals surface area contributed by atoms with Gasteiger partial charge in [0.05, 0.1) is 22.8 Å². The number of amides is 1. The Hall–Kier alpha value is -4.94. The number of benzene rings is 4. The molecule has 4 aromatic rings. The smallest absolute Gasteiger partial charge is 0.416 e. The van der Waals surface area contributed by atoms with E-state index in [4.69, 9.17) is 10.5 Å². The summed E-state index contributed by atoms with van der Waals surface area (Å²) in [5, 5.41) is 9.20. The Morgan fingerprint density at radius 2 is 1.73 bits per heavy atom. The van der Waals surface area contributed by atoms with Crippen molar-refractivity contribution < 1.29 is 27.5 Å². The summed E-state index contributed by atoms with van der Waals surface area (Å²) in [5.41, 5.74) is 9.05. The number of hydrogen-bond acceptors (Lipinski definition) is 5. The fourth-order valence-electron chi connectivity index (χ4n) is 5.11. The molecule has 1 atom stereocenters. The number of fused-ring (bicyclic) bond motifs is 1. The van der Waals surface area contributed by atoms with Crippen molar-refractivity contribution in [1.82, 2.24) is 4.90 Å². The van der Waals surface area contributed by atoms with Crippen LogP contribution in [0.15, 0.2) is 91.0 Å². The van der Waals surface area contributed by atoms with Gasteiger partial charge in [-0.3, -0.25) is 9.69 Å². The van der Waals surface area contributed by atoms with Crippen LogP contribution < -0.4 is 10.5 Å². The Morgan fingerprint density at radius 3 is 2.44 bits per heavy atom. The maximum Gasteiger partial charge on any atom is 0.416 e. The van der Waals surface area contributed by atoms with Crippen LogP contribution >= 0.6 is 0 Å². The van der Waals surface area contributed by atoms with Gasteiger partial charge in [0.1, 0.15) is 11.8 Å². The zero-order valence-corrected chi connectivity index (χ0v) is 21.7. The third-order valence-electron chi connectivity index (χ3n) is 7.03. The number of halogens is 3. The van der Waals surface area contributed by atoms with Gasteiger partial charge in [-0.25, -0.2) is 4.79 Å². The maximum absolute atomic E-state index is 13.2. The third kappa shape index (κ3) is 5.98. The van der Waals surface area contributed by atoms with Gasteiger partial charge in [0.15, 0.2) is 0 Å². The normalized spacial score (nSPS) is 15.0. The van der Waals surface area contributed by atoms with E-state index in [1.807, 2.05) is 11.0 Å². The summed E-state index contributed by atoms with van der Waals surface area (Å²) in [6.45, 7) is 0.950. The summed E-state index contributed by atoms with van der Waals surface area (Å²) in [6, 6.07) is 24.7. The molecule has 1 amide bonds. The van der Waals surface area contributed by atoms with Crippen molar-refractivity contribution in [3.8, 4) is 22.9 Å². The van der Waals surface area contributed by atoms with Crippen LogP contribution in [0.2, 0.25) is 0 Å². The lowest BCUT2D eigenvalue weighted by atomic mass is 9.91. The van der Waals surface area contributed by atoms with E-state index in [0.717, 1.165) is 23.3 Å². The van der Waals surface area contributed by atoms with E-state index < -0.39 is 29.7 Å². The molecule has 0 saturated heterocycles. The van der Waals surface area contributed by atoms with E-state index in [0.29, 0.717) is 41.8 Å². The topological polar surface area (TPSA) is 96.4 Å². The number of nitrogens with zero attached hydrogens (tertiary/aromatic N) is 2. The van der Waals surface area contributed by atoms with Gasteiger partial charge in [-0.1, -0.05) is 48.5 Å². The number of carbonyl (C=O) groups is 2. The molecule has 1 aliphatic rings. The van der Waals surface area contributed by atoms with Gasteiger partial charge < -0.3 is 10.5 Å². The number of rotatable bonds is 6. The van der Waals surface area contributed by atoms with Crippen LogP contribution in [0.1, 0.15) is 44.2 Å². The molecule has 5 rings (SSSR count). The number of nitriles is 1. The highest BCUT2D eigenvalue weighted by Gasteiger charge is 2.32. The average molecular weight is 556 g/mol. The van der Waals surface area contributed by atoms with Crippen LogP contribution in [0.25, 0.3) is 11.1 Å². The average Bonchev–Trinajstić information content (AvgIpc) is 2.96. The van der Waals surface area contributed by atoms with Crippen molar-refractivity contribution in [2.24, 2.45) is 5.73 Å². The predicted molar refractivity (Wildman–Crippen MR) is 145 cm³/mol. The van der Waals surface area contributed by atoms with Gasteiger partial charge in [0.25, 0.3) is 0 Å². The van der Waals surface area contributed by atoms with Crippen molar-refractivity contribution in [1.29, 1.82) is 5.26 Å². The van der Waals surface area contributed by atoms with Gasteiger partial charge in [0, 0.05) is 13.1 Å². The third-order valence-corrected chi connectivity index (χ3v) is 7.03. The first-order valence-electron chi connectivity index (χ1n) is 12.8. The fraction of sp³-hybridized carbons (Fsp3) is 0.156. The zero-order valence-electron chi connectivity index (χ0n) is 21.7. The lowest BCUT2D eigenvalue weighted by molar-refractivity contribution is -0.137. The number of nitrogens with two attached hydrogens (primary N) is 1. The molecule has 0 aliphatic carbocycles. The first kappa shape index (κ1) is 27.6. The lowest BCUT2D eigenvalue weighted by Gasteiger charge is -2.35. The van der Waals surface area contributed by atoms with Crippen LogP contribution in [0, 0.1) is 11.3 Å². The zero-order chi connectivity index (χ0) is 29.1. The molecular formula is C32H24F3N3O3. The first-order chi connectivity index (χ1) is 19.6. The summed E-state index contributed by atoms with van der Waals surface area (Å²) in [6.07, 6.45) is -3.89. The van der Waals surface area contributed by atoms with Crippen LogP contribution in [0.5, 0.6) is 5.75 Å². The van der Waals surface area contributed by atoms with Crippen molar-refractivity contribution in [2.45, 2.75) is 25.2 Å². The van der Waals surface area contributed by atoms with E-state index >= 15 is 0 Å². The second kappa shape index (κ2) is 11.3. The monoisotopic (exact) mass is 555 g/mol. The second-order valence-corrected chi connectivity index (χ2v) is 9.71. The highest BCUT2D eigenvalue weighted by Crippen LogP contribution is 2.35. The lowest BCUT2D eigenvalue weighted by Crippen LogP contribution is -2.42. The van der Waals surface area contributed by atoms with Gasteiger partial charge in [-0.05, 0) is 76.7 Å². The van der Waals surface area contributed by atoms with Gasteiger partial charge in [0.2, 0.25) is 5.91 Å². The molecule has 6 nitrogen and oxygen atoms in total. The van der Waals surface area contributed by atoms with E-state index in [2.05, 4.69) is 6.07 Å². The molecule has 0 aromatic heterocycles. The minimum Gasteiger partial charge on any atom is -0.423 e. The summed E-state index contributed by atoms with van der Waals surface area (Å²) in [5.74, 6) is -0.909. The number of carbonyl (C=O) groups excluding carboxylic acids is 2. The van der Waals surface area contributed by atoms with Crippen molar-refractivity contribution in [2.75, 3.05) is 6.54 Å². The molecule has 0 spiro atoms. The number of esters is 1. The number of ether oxygens (including phenoxy) is 1. The SMILES string of the molecule is N#Cc1cccc(CN2CCc3cc(OC(=O)c4ccccc4-c4ccc(C(F)(F)F)cc4)ccc3C2C(N)=O)c1. The molecule has 1 aliphatic heterocycles. The molecule has 0 fully saturated rings. The van der Waals surface area contributed by atoms with Crippen molar-refractivity contribution in [3.05, 3.63) is 124 Å². The van der Waals surface area contributed by atoms with Crippen molar-refractivity contribution in [3.63, 3.8) is 0 Å².